The van der Waals surface area contributed by atoms with E-state index in [0.29, 0.717) is 17.8 Å². The number of carboxylic acid groups (broad SMARTS) is 1. The molecule has 0 saturated heterocycles. The van der Waals surface area contributed by atoms with Crippen LogP contribution in [0.4, 0.5) is 0 Å². The second-order valence-electron chi connectivity index (χ2n) is 4.34. The Balaban J connectivity index is 2.27. The van der Waals surface area contributed by atoms with Gasteiger partial charge in [-0.3, -0.25) is 0 Å². The topological polar surface area (TPSA) is 112 Å². The lowest BCUT2D eigenvalue weighted by Gasteiger charge is -2.09. The average molecular weight is 309 g/mol. The molecule has 3 N–H and O–H groups in total. The minimum atomic E-state index is -3.79. The number of aromatic nitrogens is 2. The number of aryl methyl sites for hydroxylation is 1. The first kappa shape index (κ1) is 15.2. The van der Waals surface area contributed by atoms with Crippen LogP contribution in [-0.2, 0) is 23.0 Å². The van der Waals surface area contributed by atoms with Crippen LogP contribution in [0.5, 0.6) is 0 Å². The number of rotatable bonds is 6. The highest BCUT2D eigenvalue weighted by Gasteiger charge is 2.18. The zero-order valence-corrected chi connectivity index (χ0v) is 12.1. The fourth-order valence-electron chi connectivity index (χ4n) is 1.87. The highest BCUT2D eigenvalue weighted by molar-refractivity contribution is 7.89. The molecule has 0 aliphatic rings. The number of hydrogen-bond acceptors (Lipinski definition) is 4. The van der Waals surface area contributed by atoms with Gasteiger partial charge < -0.3 is 10.1 Å². The summed E-state index contributed by atoms with van der Waals surface area (Å²) < 4.78 is 26.7. The second kappa shape index (κ2) is 6.06. The molecule has 0 spiro atoms. The molecule has 7 nitrogen and oxygen atoms in total. The summed E-state index contributed by atoms with van der Waals surface area (Å²) in [6, 6.07) is 4.09. The van der Waals surface area contributed by atoms with E-state index in [0.717, 1.165) is 0 Å². The van der Waals surface area contributed by atoms with E-state index in [2.05, 4.69) is 14.7 Å². The van der Waals surface area contributed by atoms with Crippen molar-refractivity contribution in [1.29, 1.82) is 0 Å². The molecule has 112 valence electrons. The van der Waals surface area contributed by atoms with E-state index in [1.54, 1.807) is 6.20 Å². The number of carboxylic acids is 1. The summed E-state index contributed by atoms with van der Waals surface area (Å²) in [6.07, 6.45) is 3.62. The van der Waals surface area contributed by atoms with Gasteiger partial charge in [-0.05, 0) is 24.1 Å². The molecule has 21 heavy (non-hydrogen) atoms. The van der Waals surface area contributed by atoms with Crippen LogP contribution in [0.2, 0.25) is 0 Å². The van der Waals surface area contributed by atoms with Gasteiger partial charge in [0.2, 0.25) is 10.0 Å². The quantitative estimate of drug-likeness (QED) is 0.741. The second-order valence-corrected chi connectivity index (χ2v) is 6.11. The van der Waals surface area contributed by atoms with Crippen molar-refractivity contribution in [2.24, 2.45) is 0 Å². The summed E-state index contributed by atoms with van der Waals surface area (Å²) in [5.41, 5.74) is 0.589. The fourth-order valence-corrected chi connectivity index (χ4v) is 2.89. The first-order valence-corrected chi connectivity index (χ1v) is 7.76. The molecule has 1 aromatic carbocycles. The Morgan fingerprint density at radius 2 is 2.19 bits per heavy atom. The van der Waals surface area contributed by atoms with E-state index in [1.807, 2.05) is 6.92 Å². The van der Waals surface area contributed by atoms with Gasteiger partial charge in [0.25, 0.3) is 0 Å². The summed E-state index contributed by atoms with van der Waals surface area (Å²) in [5, 5.41) is 9.14. The summed E-state index contributed by atoms with van der Waals surface area (Å²) in [7, 11) is -3.79. The largest absolute Gasteiger partial charge is 0.478 e. The van der Waals surface area contributed by atoms with Crippen molar-refractivity contribution in [1.82, 2.24) is 14.7 Å². The molecule has 8 heteroatoms. The smallest absolute Gasteiger partial charge is 0.336 e. The zero-order chi connectivity index (χ0) is 15.5. The van der Waals surface area contributed by atoms with Crippen LogP contribution in [0.1, 0.15) is 28.7 Å². The van der Waals surface area contributed by atoms with Crippen molar-refractivity contribution < 1.29 is 18.3 Å². The molecule has 0 radical (unpaired) electrons. The third-order valence-electron chi connectivity index (χ3n) is 2.99. The molecular formula is C13H15N3O4S. The molecular weight excluding hydrogens is 294 g/mol. The van der Waals surface area contributed by atoms with Gasteiger partial charge in [-0.25, -0.2) is 22.9 Å². The summed E-state index contributed by atoms with van der Waals surface area (Å²) in [5.74, 6) is -0.669. The molecule has 2 aromatic rings. The SMILES string of the molecule is CCc1ccc(S(=O)(=O)NCc2ncc[nH]2)cc1C(=O)O. The fraction of sp³-hybridized carbons (Fsp3) is 0.231. The van der Waals surface area contributed by atoms with Crippen LogP contribution < -0.4 is 4.72 Å². The molecule has 2 rings (SSSR count). The number of imidazole rings is 1. The number of H-pyrrole nitrogens is 1. The van der Waals surface area contributed by atoms with Crippen molar-refractivity contribution >= 4 is 16.0 Å². The number of benzene rings is 1. The summed E-state index contributed by atoms with van der Waals surface area (Å²) in [4.78, 5) is 17.8. The van der Waals surface area contributed by atoms with Crippen LogP contribution in [-0.4, -0.2) is 29.5 Å². The lowest BCUT2D eigenvalue weighted by molar-refractivity contribution is 0.0695. The molecule has 1 heterocycles. The van der Waals surface area contributed by atoms with Crippen LogP contribution in [0.25, 0.3) is 0 Å². The van der Waals surface area contributed by atoms with E-state index in [1.165, 1.54) is 24.4 Å². The zero-order valence-electron chi connectivity index (χ0n) is 11.3. The Morgan fingerprint density at radius 1 is 1.43 bits per heavy atom. The number of carbonyl (C=O) groups is 1. The molecule has 0 unspecified atom stereocenters. The number of sulfonamides is 1. The lowest BCUT2D eigenvalue weighted by atomic mass is 10.1. The maximum absolute atomic E-state index is 12.2. The summed E-state index contributed by atoms with van der Waals surface area (Å²) in [6.45, 7) is 1.82. The predicted octanol–water partition coefficient (Wildman–Crippen LogP) is 1.15. The monoisotopic (exact) mass is 309 g/mol. The van der Waals surface area contributed by atoms with Crippen molar-refractivity contribution in [2.75, 3.05) is 0 Å². The predicted molar refractivity (Wildman–Crippen MR) is 75.4 cm³/mol. The first-order valence-electron chi connectivity index (χ1n) is 6.28. The number of aromatic amines is 1. The molecule has 0 fully saturated rings. The van der Waals surface area contributed by atoms with Gasteiger partial charge in [0.1, 0.15) is 5.82 Å². The highest BCUT2D eigenvalue weighted by atomic mass is 32.2. The maximum atomic E-state index is 12.2. The first-order chi connectivity index (χ1) is 9.94. The maximum Gasteiger partial charge on any atom is 0.336 e. The Morgan fingerprint density at radius 3 is 2.76 bits per heavy atom. The molecule has 0 amide bonds. The molecule has 0 aliphatic carbocycles. The Kier molecular flexibility index (Phi) is 4.39. The number of nitrogens with zero attached hydrogens (tertiary/aromatic N) is 1. The van der Waals surface area contributed by atoms with E-state index in [-0.39, 0.29) is 17.0 Å². The molecule has 0 aliphatic heterocycles. The van der Waals surface area contributed by atoms with Crippen molar-refractivity contribution in [3.05, 3.63) is 47.5 Å². The van der Waals surface area contributed by atoms with Gasteiger partial charge in [-0.2, -0.15) is 0 Å². The van der Waals surface area contributed by atoms with Gasteiger partial charge in [-0.15, -0.1) is 0 Å². The molecule has 0 saturated carbocycles. The van der Waals surface area contributed by atoms with Gasteiger partial charge in [-0.1, -0.05) is 13.0 Å². The Hall–Kier alpha value is -2.19. The van der Waals surface area contributed by atoms with E-state index < -0.39 is 16.0 Å². The van der Waals surface area contributed by atoms with Crippen molar-refractivity contribution in [3.8, 4) is 0 Å². The van der Waals surface area contributed by atoms with Crippen LogP contribution in [0.3, 0.4) is 0 Å². The van der Waals surface area contributed by atoms with E-state index in [9.17, 15) is 13.2 Å². The van der Waals surface area contributed by atoms with Crippen LogP contribution in [0.15, 0.2) is 35.5 Å². The highest BCUT2D eigenvalue weighted by Crippen LogP contribution is 2.17. The van der Waals surface area contributed by atoms with Crippen LogP contribution >= 0.6 is 0 Å². The Bertz CT molecular complexity index is 739. The average Bonchev–Trinajstić information content (AvgIpc) is 2.97. The van der Waals surface area contributed by atoms with Gasteiger partial charge in [0.15, 0.2) is 0 Å². The normalized spacial score (nSPS) is 11.5. The Labute approximate surface area is 122 Å². The summed E-state index contributed by atoms with van der Waals surface area (Å²) >= 11 is 0. The number of nitrogens with one attached hydrogen (secondary N) is 2. The third kappa shape index (κ3) is 3.47. The van der Waals surface area contributed by atoms with Crippen LogP contribution in [0, 0.1) is 0 Å². The van der Waals surface area contributed by atoms with Crippen molar-refractivity contribution in [3.63, 3.8) is 0 Å². The standard InChI is InChI=1S/C13H15N3O4S/c1-2-9-3-4-10(7-11(9)13(17)18)21(19,20)16-8-12-14-5-6-15-12/h3-7,16H,2,8H2,1H3,(H,14,15)(H,17,18). The van der Waals surface area contributed by atoms with E-state index in [4.69, 9.17) is 5.11 Å². The lowest BCUT2D eigenvalue weighted by Crippen LogP contribution is -2.24. The van der Waals surface area contributed by atoms with Gasteiger partial charge >= 0.3 is 5.97 Å². The van der Waals surface area contributed by atoms with Gasteiger partial charge in [0.05, 0.1) is 17.0 Å². The molecule has 0 bridgehead atoms. The molecule has 0 atom stereocenters. The number of aromatic carboxylic acids is 1. The minimum absolute atomic E-state index is 0.00151. The third-order valence-corrected chi connectivity index (χ3v) is 4.39. The van der Waals surface area contributed by atoms with Crippen molar-refractivity contribution in [2.45, 2.75) is 24.8 Å². The minimum Gasteiger partial charge on any atom is -0.478 e. The van der Waals surface area contributed by atoms with Gasteiger partial charge in [0, 0.05) is 12.4 Å². The molecule has 1 aromatic heterocycles. The van der Waals surface area contributed by atoms with E-state index >= 15 is 0 Å². The number of hydrogen-bond donors (Lipinski definition) is 3.